The van der Waals surface area contributed by atoms with Gasteiger partial charge in [-0.3, -0.25) is 9.59 Å². The summed E-state index contributed by atoms with van der Waals surface area (Å²) in [6, 6.07) is -0.111. The lowest BCUT2D eigenvalue weighted by molar-refractivity contribution is -0.146. The summed E-state index contributed by atoms with van der Waals surface area (Å²) in [5.41, 5.74) is -0.134. The number of amides is 2. The van der Waals surface area contributed by atoms with Gasteiger partial charge >= 0.3 is 0 Å². The second-order valence-corrected chi connectivity index (χ2v) is 9.23. The molecule has 0 aromatic heterocycles. The van der Waals surface area contributed by atoms with Gasteiger partial charge in [-0.1, -0.05) is 12.8 Å². The molecule has 140 valence electrons. The summed E-state index contributed by atoms with van der Waals surface area (Å²) in [5.74, 6) is 2.41. The van der Waals surface area contributed by atoms with Gasteiger partial charge in [0.25, 0.3) is 0 Å². The van der Waals surface area contributed by atoms with E-state index in [-0.39, 0.29) is 23.3 Å². The van der Waals surface area contributed by atoms with E-state index in [9.17, 15) is 14.7 Å². The molecule has 0 saturated heterocycles. The van der Waals surface area contributed by atoms with Gasteiger partial charge in [-0.2, -0.15) is 0 Å². The van der Waals surface area contributed by atoms with E-state index in [0.29, 0.717) is 13.0 Å². The molecule has 0 aliphatic heterocycles. The van der Waals surface area contributed by atoms with Crippen LogP contribution in [0.5, 0.6) is 0 Å². The highest BCUT2D eigenvalue weighted by Gasteiger charge is 2.54. The van der Waals surface area contributed by atoms with Gasteiger partial charge in [0.2, 0.25) is 11.8 Å². The highest BCUT2D eigenvalue weighted by atomic mass is 16.3. The SMILES string of the molecule is O=C(CCNC(=O)C12CC3CC(CC(C3)C1)C2)NC1CCCCC1O. The van der Waals surface area contributed by atoms with Gasteiger partial charge in [-0.05, 0) is 69.1 Å². The molecular weight excluding hydrogens is 316 g/mol. The van der Waals surface area contributed by atoms with Crippen molar-refractivity contribution in [2.24, 2.45) is 23.2 Å². The highest BCUT2D eigenvalue weighted by Crippen LogP contribution is 2.60. The third-order valence-corrected chi connectivity index (χ3v) is 7.23. The highest BCUT2D eigenvalue weighted by molar-refractivity contribution is 5.84. The zero-order chi connectivity index (χ0) is 17.4. The van der Waals surface area contributed by atoms with Crippen LogP contribution in [-0.2, 0) is 9.59 Å². The van der Waals surface area contributed by atoms with Crippen molar-refractivity contribution in [2.75, 3.05) is 6.54 Å². The smallest absolute Gasteiger partial charge is 0.226 e. The van der Waals surface area contributed by atoms with E-state index in [1.165, 1.54) is 19.3 Å². The van der Waals surface area contributed by atoms with Gasteiger partial charge < -0.3 is 15.7 Å². The molecule has 0 spiro atoms. The molecular formula is C20H32N2O3. The van der Waals surface area contributed by atoms with Crippen molar-refractivity contribution in [3.05, 3.63) is 0 Å². The molecule has 2 unspecified atom stereocenters. The minimum Gasteiger partial charge on any atom is -0.391 e. The van der Waals surface area contributed by atoms with E-state index in [1.54, 1.807) is 0 Å². The summed E-state index contributed by atoms with van der Waals surface area (Å²) in [7, 11) is 0. The Hall–Kier alpha value is -1.10. The van der Waals surface area contributed by atoms with Gasteiger partial charge in [-0.25, -0.2) is 0 Å². The lowest BCUT2D eigenvalue weighted by atomic mass is 9.49. The van der Waals surface area contributed by atoms with Crippen molar-refractivity contribution in [1.82, 2.24) is 10.6 Å². The Labute approximate surface area is 150 Å². The van der Waals surface area contributed by atoms with Gasteiger partial charge in [0.05, 0.1) is 12.1 Å². The van der Waals surface area contributed by atoms with Crippen LogP contribution in [0.1, 0.15) is 70.6 Å². The van der Waals surface area contributed by atoms with E-state index in [4.69, 9.17) is 0 Å². The van der Waals surface area contributed by atoms with Crippen molar-refractivity contribution in [3.63, 3.8) is 0 Å². The zero-order valence-electron chi connectivity index (χ0n) is 15.1. The second-order valence-electron chi connectivity index (χ2n) is 9.23. The zero-order valence-corrected chi connectivity index (χ0v) is 15.1. The third-order valence-electron chi connectivity index (χ3n) is 7.23. The van der Waals surface area contributed by atoms with Crippen molar-refractivity contribution >= 4 is 11.8 Å². The van der Waals surface area contributed by atoms with Crippen LogP contribution >= 0.6 is 0 Å². The number of hydrogen-bond donors (Lipinski definition) is 3. The number of aliphatic hydroxyl groups excluding tert-OH is 1. The maximum atomic E-state index is 12.8. The van der Waals surface area contributed by atoms with E-state index in [2.05, 4.69) is 10.6 Å². The van der Waals surface area contributed by atoms with Crippen LogP contribution in [0.25, 0.3) is 0 Å². The summed E-state index contributed by atoms with van der Waals surface area (Å²) < 4.78 is 0. The molecule has 5 heteroatoms. The molecule has 4 bridgehead atoms. The molecule has 0 radical (unpaired) electrons. The van der Waals surface area contributed by atoms with Crippen LogP contribution < -0.4 is 10.6 Å². The topological polar surface area (TPSA) is 78.4 Å². The fourth-order valence-corrected chi connectivity index (χ4v) is 6.42. The van der Waals surface area contributed by atoms with Gasteiger partial charge in [0.1, 0.15) is 0 Å². The first-order valence-electron chi connectivity index (χ1n) is 10.3. The Morgan fingerprint density at radius 1 is 0.960 bits per heavy atom. The molecule has 2 amide bonds. The lowest BCUT2D eigenvalue weighted by Gasteiger charge is -2.55. The fourth-order valence-electron chi connectivity index (χ4n) is 6.42. The third kappa shape index (κ3) is 3.57. The Balaban J connectivity index is 1.23. The molecule has 5 aliphatic carbocycles. The van der Waals surface area contributed by atoms with Crippen LogP contribution in [-0.4, -0.2) is 35.6 Å². The Morgan fingerprint density at radius 2 is 1.56 bits per heavy atom. The van der Waals surface area contributed by atoms with E-state index < -0.39 is 6.10 Å². The number of carbonyl (C=O) groups is 2. The van der Waals surface area contributed by atoms with Gasteiger partial charge in [0.15, 0.2) is 0 Å². The molecule has 5 rings (SSSR count). The average Bonchev–Trinajstić information content (AvgIpc) is 2.55. The van der Waals surface area contributed by atoms with Crippen molar-refractivity contribution in [1.29, 1.82) is 0 Å². The number of nitrogens with one attached hydrogen (secondary N) is 2. The number of hydrogen-bond acceptors (Lipinski definition) is 3. The normalized spacial score (nSPS) is 42.2. The molecule has 0 aromatic rings. The van der Waals surface area contributed by atoms with E-state index >= 15 is 0 Å². The Morgan fingerprint density at radius 3 is 2.16 bits per heavy atom. The molecule has 5 nitrogen and oxygen atoms in total. The fraction of sp³-hybridized carbons (Fsp3) is 0.900. The molecule has 5 saturated carbocycles. The second kappa shape index (κ2) is 6.90. The van der Waals surface area contributed by atoms with Crippen molar-refractivity contribution in [2.45, 2.75) is 82.8 Å². The minimum absolute atomic E-state index is 0.0586. The summed E-state index contributed by atoms with van der Waals surface area (Å²) in [6.45, 7) is 0.412. The molecule has 5 fully saturated rings. The molecule has 5 aliphatic rings. The van der Waals surface area contributed by atoms with Crippen molar-refractivity contribution in [3.8, 4) is 0 Å². The van der Waals surface area contributed by atoms with Gasteiger partial charge in [0, 0.05) is 18.4 Å². The monoisotopic (exact) mass is 348 g/mol. The van der Waals surface area contributed by atoms with Gasteiger partial charge in [-0.15, -0.1) is 0 Å². The maximum Gasteiger partial charge on any atom is 0.226 e. The summed E-state index contributed by atoms with van der Waals surface area (Å²) in [6.07, 6.45) is 10.8. The molecule has 0 aromatic carbocycles. The predicted molar refractivity (Wildman–Crippen MR) is 94.6 cm³/mol. The summed E-state index contributed by atoms with van der Waals surface area (Å²) in [4.78, 5) is 25.0. The quantitative estimate of drug-likeness (QED) is 0.712. The Bertz CT molecular complexity index is 498. The number of carbonyl (C=O) groups excluding carboxylic acids is 2. The van der Waals surface area contributed by atoms with Crippen LogP contribution in [0, 0.1) is 23.2 Å². The lowest BCUT2D eigenvalue weighted by Crippen LogP contribution is -2.54. The largest absolute Gasteiger partial charge is 0.391 e. The maximum absolute atomic E-state index is 12.8. The van der Waals surface area contributed by atoms with Crippen LogP contribution in [0.3, 0.4) is 0 Å². The molecule has 2 atom stereocenters. The number of rotatable bonds is 5. The summed E-state index contributed by atoms with van der Waals surface area (Å²) >= 11 is 0. The first-order valence-corrected chi connectivity index (χ1v) is 10.3. The predicted octanol–water partition coefficient (Wildman–Crippen LogP) is 2.13. The molecule has 25 heavy (non-hydrogen) atoms. The Kier molecular flexibility index (Phi) is 4.78. The molecule has 0 heterocycles. The average molecular weight is 348 g/mol. The van der Waals surface area contributed by atoms with Crippen LogP contribution in [0.15, 0.2) is 0 Å². The summed E-state index contributed by atoms with van der Waals surface area (Å²) in [5, 5.41) is 15.9. The van der Waals surface area contributed by atoms with Crippen LogP contribution in [0.2, 0.25) is 0 Å². The van der Waals surface area contributed by atoms with E-state index in [1.807, 2.05) is 0 Å². The van der Waals surface area contributed by atoms with E-state index in [0.717, 1.165) is 62.7 Å². The number of aliphatic hydroxyl groups is 1. The standard InChI is InChI=1S/C20H32N2O3/c23-17-4-2-1-3-16(17)22-18(24)5-6-21-19(25)20-10-13-7-14(11-20)9-15(8-13)12-20/h13-17,23H,1-12H2,(H,21,25)(H,22,24). The van der Waals surface area contributed by atoms with Crippen LogP contribution in [0.4, 0.5) is 0 Å². The molecule has 3 N–H and O–H groups in total. The first kappa shape index (κ1) is 17.3. The first-order chi connectivity index (χ1) is 12.0. The minimum atomic E-state index is -0.417. The van der Waals surface area contributed by atoms with Crippen molar-refractivity contribution < 1.29 is 14.7 Å².